The zero-order valence-electron chi connectivity index (χ0n) is 11.4. The van der Waals surface area contributed by atoms with E-state index in [0.29, 0.717) is 6.04 Å². The van der Waals surface area contributed by atoms with Crippen molar-refractivity contribution in [2.75, 3.05) is 18.4 Å². The average molecular weight is 243 g/mol. The molecule has 1 unspecified atom stereocenters. The zero-order chi connectivity index (χ0) is 13.2. The molecule has 0 aromatic heterocycles. The summed E-state index contributed by atoms with van der Waals surface area (Å²) in [7, 11) is 0. The molecule has 0 aliphatic carbocycles. The van der Waals surface area contributed by atoms with E-state index in [1.807, 2.05) is 18.2 Å². The second-order valence-corrected chi connectivity index (χ2v) is 5.45. The minimum Gasteiger partial charge on any atom is -0.366 e. The van der Waals surface area contributed by atoms with Gasteiger partial charge in [-0.25, -0.2) is 0 Å². The van der Waals surface area contributed by atoms with Crippen molar-refractivity contribution in [3.05, 3.63) is 29.8 Å². The summed E-state index contributed by atoms with van der Waals surface area (Å²) >= 11 is 0. The van der Waals surface area contributed by atoms with Crippen molar-refractivity contribution in [1.29, 1.82) is 5.26 Å². The fourth-order valence-electron chi connectivity index (χ4n) is 2.47. The first kappa shape index (κ1) is 12.9. The summed E-state index contributed by atoms with van der Waals surface area (Å²) in [4.78, 5) is 2.36. The number of nitriles is 1. The van der Waals surface area contributed by atoms with Crippen LogP contribution in [0.15, 0.2) is 24.3 Å². The summed E-state index contributed by atoms with van der Waals surface area (Å²) in [6.07, 6.45) is 0.885. The molecule has 3 heteroatoms. The number of anilines is 1. The van der Waals surface area contributed by atoms with Crippen LogP contribution >= 0.6 is 0 Å². The van der Waals surface area contributed by atoms with E-state index in [9.17, 15) is 5.26 Å². The molecule has 1 aromatic carbocycles. The lowest BCUT2D eigenvalue weighted by atomic mass is 9.99. The molecule has 1 aliphatic heterocycles. The van der Waals surface area contributed by atoms with Gasteiger partial charge in [-0.15, -0.1) is 0 Å². The van der Waals surface area contributed by atoms with Gasteiger partial charge in [-0.3, -0.25) is 4.90 Å². The lowest BCUT2D eigenvalue weighted by molar-refractivity contribution is 0.268. The summed E-state index contributed by atoms with van der Waals surface area (Å²) in [6.45, 7) is 8.23. The molecule has 1 N–H and O–H groups in total. The Morgan fingerprint density at radius 1 is 1.39 bits per heavy atom. The lowest BCUT2D eigenvalue weighted by Crippen LogP contribution is -2.41. The van der Waals surface area contributed by atoms with E-state index in [-0.39, 0.29) is 0 Å². The normalized spacial score (nSPS) is 24.2. The van der Waals surface area contributed by atoms with Crippen LogP contribution in [0.1, 0.15) is 25.8 Å². The van der Waals surface area contributed by atoms with Crippen molar-refractivity contribution in [1.82, 2.24) is 4.90 Å². The van der Waals surface area contributed by atoms with Crippen molar-refractivity contribution in [2.24, 2.45) is 0 Å². The third-order valence-corrected chi connectivity index (χ3v) is 3.76. The van der Waals surface area contributed by atoms with Crippen molar-refractivity contribution >= 4 is 5.69 Å². The molecular formula is C15H21N3. The summed E-state index contributed by atoms with van der Waals surface area (Å²) in [5, 5.41) is 13.0. The first-order valence-corrected chi connectivity index (χ1v) is 6.55. The van der Waals surface area contributed by atoms with Gasteiger partial charge < -0.3 is 5.32 Å². The number of rotatable bonds is 3. The second-order valence-electron chi connectivity index (χ2n) is 5.45. The van der Waals surface area contributed by atoms with Crippen molar-refractivity contribution < 1.29 is 0 Å². The molecule has 1 saturated heterocycles. The van der Waals surface area contributed by atoms with E-state index in [1.54, 1.807) is 0 Å². The Balaban J connectivity index is 2.17. The molecule has 0 bridgehead atoms. The topological polar surface area (TPSA) is 39.1 Å². The number of likely N-dealkylation sites (tertiary alicyclic amines) is 1. The quantitative estimate of drug-likeness (QED) is 0.887. The highest BCUT2D eigenvalue weighted by molar-refractivity contribution is 5.54. The number of hydrogen-bond donors (Lipinski definition) is 1. The van der Waals surface area contributed by atoms with E-state index in [1.165, 1.54) is 5.56 Å². The number of aryl methyl sites for hydroxylation is 1. The van der Waals surface area contributed by atoms with Crippen LogP contribution in [0.3, 0.4) is 0 Å². The molecule has 1 heterocycles. The highest BCUT2D eigenvalue weighted by Crippen LogP contribution is 2.28. The number of nitrogens with one attached hydrogen (secondary N) is 1. The molecule has 1 aliphatic rings. The minimum atomic E-state index is -0.434. The van der Waals surface area contributed by atoms with E-state index >= 15 is 0 Å². The molecule has 2 rings (SSSR count). The Morgan fingerprint density at radius 3 is 2.67 bits per heavy atom. The third kappa shape index (κ3) is 2.49. The molecule has 96 valence electrons. The summed E-state index contributed by atoms with van der Waals surface area (Å²) < 4.78 is 0. The molecule has 1 aromatic rings. The maximum atomic E-state index is 9.53. The number of benzene rings is 1. The van der Waals surface area contributed by atoms with Crippen molar-refractivity contribution in [2.45, 2.75) is 38.8 Å². The Kier molecular flexibility index (Phi) is 3.58. The highest BCUT2D eigenvalue weighted by atomic mass is 15.2. The molecular weight excluding hydrogens is 222 g/mol. The highest BCUT2D eigenvalue weighted by Gasteiger charge is 2.39. The largest absolute Gasteiger partial charge is 0.366 e. The smallest absolute Gasteiger partial charge is 0.139 e. The second kappa shape index (κ2) is 4.99. The number of para-hydroxylation sites is 1. The summed E-state index contributed by atoms with van der Waals surface area (Å²) in [6, 6.07) is 11.1. The molecule has 18 heavy (non-hydrogen) atoms. The third-order valence-electron chi connectivity index (χ3n) is 3.76. The van der Waals surface area contributed by atoms with Crippen LogP contribution in [-0.2, 0) is 0 Å². The SMILES string of the molecule is Cc1ccccc1NC1(C#N)CCN(C(C)C)C1. The number of nitrogens with zero attached hydrogens (tertiary/aromatic N) is 2. The predicted octanol–water partition coefficient (Wildman–Crippen LogP) is 2.78. The molecule has 0 saturated carbocycles. The Hall–Kier alpha value is -1.53. The maximum Gasteiger partial charge on any atom is 0.139 e. The van der Waals surface area contributed by atoms with Gasteiger partial charge in [0.15, 0.2) is 0 Å². The van der Waals surface area contributed by atoms with Gasteiger partial charge >= 0.3 is 0 Å². The van der Waals surface area contributed by atoms with Gasteiger partial charge in [-0.05, 0) is 38.8 Å². The van der Waals surface area contributed by atoms with Gasteiger partial charge in [-0.2, -0.15) is 5.26 Å². The van der Waals surface area contributed by atoms with Crippen LogP contribution in [0.5, 0.6) is 0 Å². The van der Waals surface area contributed by atoms with Crippen molar-refractivity contribution in [3.63, 3.8) is 0 Å². The molecule has 0 radical (unpaired) electrons. The van der Waals surface area contributed by atoms with Gasteiger partial charge in [0.25, 0.3) is 0 Å². The van der Waals surface area contributed by atoms with Gasteiger partial charge in [0.2, 0.25) is 0 Å². The summed E-state index contributed by atoms with van der Waals surface area (Å²) in [5.74, 6) is 0. The molecule has 0 spiro atoms. The average Bonchev–Trinajstić information content (AvgIpc) is 2.77. The zero-order valence-corrected chi connectivity index (χ0v) is 11.4. The molecule has 0 amide bonds. The van der Waals surface area contributed by atoms with Crippen LogP contribution in [-0.4, -0.2) is 29.6 Å². The number of hydrogen-bond acceptors (Lipinski definition) is 3. The first-order chi connectivity index (χ1) is 8.56. The van der Waals surface area contributed by atoms with Crippen LogP contribution in [0.4, 0.5) is 5.69 Å². The standard InChI is InChI=1S/C15H21N3/c1-12(2)18-9-8-15(10-16,11-18)17-14-7-5-4-6-13(14)3/h4-7,12,17H,8-9,11H2,1-3H3. The molecule has 3 nitrogen and oxygen atoms in total. The summed E-state index contributed by atoms with van der Waals surface area (Å²) in [5.41, 5.74) is 1.83. The van der Waals surface area contributed by atoms with E-state index in [0.717, 1.165) is 25.2 Å². The van der Waals surface area contributed by atoms with Crippen LogP contribution < -0.4 is 5.32 Å². The van der Waals surface area contributed by atoms with Crippen LogP contribution in [0.2, 0.25) is 0 Å². The molecule has 1 fully saturated rings. The maximum absolute atomic E-state index is 9.53. The van der Waals surface area contributed by atoms with Crippen LogP contribution in [0.25, 0.3) is 0 Å². The minimum absolute atomic E-state index is 0.434. The first-order valence-electron chi connectivity index (χ1n) is 6.55. The Morgan fingerprint density at radius 2 is 2.11 bits per heavy atom. The predicted molar refractivity (Wildman–Crippen MR) is 74.5 cm³/mol. The van der Waals surface area contributed by atoms with E-state index in [2.05, 4.69) is 43.1 Å². The van der Waals surface area contributed by atoms with Gasteiger partial charge in [-0.1, -0.05) is 18.2 Å². The molecule has 1 atom stereocenters. The van der Waals surface area contributed by atoms with Gasteiger partial charge in [0, 0.05) is 24.8 Å². The van der Waals surface area contributed by atoms with Gasteiger partial charge in [0.1, 0.15) is 5.54 Å². The fourth-order valence-corrected chi connectivity index (χ4v) is 2.47. The fraction of sp³-hybridized carbons (Fsp3) is 0.533. The Labute approximate surface area is 109 Å². The monoisotopic (exact) mass is 243 g/mol. The van der Waals surface area contributed by atoms with E-state index < -0.39 is 5.54 Å². The van der Waals surface area contributed by atoms with Crippen molar-refractivity contribution in [3.8, 4) is 6.07 Å². The lowest BCUT2D eigenvalue weighted by Gasteiger charge is -2.27. The Bertz CT molecular complexity index is 461. The van der Waals surface area contributed by atoms with Crippen LogP contribution in [0, 0.1) is 18.3 Å². The van der Waals surface area contributed by atoms with Gasteiger partial charge in [0.05, 0.1) is 6.07 Å². The van der Waals surface area contributed by atoms with E-state index in [4.69, 9.17) is 0 Å².